The van der Waals surface area contributed by atoms with E-state index in [-0.39, 0.29) is 5.91 Å². The molecule has 0 unspecified atom stereocenters. The maximum atomic E-state index is 11.8. The zero-order valence-corrected chi connectivity index (χ0v) is 14.1. The number of anilines is 1. The van der Waals surface area contributed by atoms with E-state index in [9.17, 15) is 4.79 Å². The Bertz CT molecular complexity index is 919. The lowest BCUT2D eigenvalue weighted by atomic mass is 10.1. The summed E-state index contributed by atoms with van der Waals surface area (Å²) in [5.41, 5.74) is 3.87. The Balaban J connectivity index is 1.47. The van der Waals surface area contributed by atoms with E-state index in [0.717, 1.165) is 41.1 Å². The fraction of sp³-hybridized carbons (Fsp3) is 0.333. The van der Waals surface area contributed by atoms with Crippen molar-refractivity contribution in [1.82, 2.24) is 24.4 Å². The van der Waals surface area contributed by atoms with E-state index < -0.39 is 0 Å². The van der Waals surface area contributed by atoms with Crippen LogP contribution in [0.3, 0.4) is 0 Å². The summed E-state index contributed by atoms with van der Waals surface area (Å²) in [5, 5.41) is 3.34. The van der Waals surface area contributed by atoms with Crippen molar-refractivity contribution >= 4 is 22.9 Å². The van der Waals surface area contributed by atoms with Crippen molar-refractivity contribution < 1.29 is 4.79 Å². The molecule has 3 heterocycles. The average Bonchev–Trinajstić information content (AvgIpc) is 3.20. The summed E-state index contributed by atoms with van der Waals surface area (Å²) < 4.78 is 1.87. The minimum atomic E-state index is 0.252. The fourth-order valence-corrected chi connectivity index (χ4v) is 3.19. The number of nitrogens with zero attached hydrogens (tertiary/aromatic N) is 5. The molecule has 0 radical (unpaired) electrons. The molecular formula is C18H20N6O. The van der Waals surface area contributed by atoms with Gasteiger partial charge < -0.3 is 14.8 Å². The molecule has 3 aromatic rings. The maximum Gasteiger partial charge on any atom is 0.222 e. The Morgan fingerprint density at radius 1 is 1.20 bits per heavy atom. The van der Waals surface area contributed by atoms with E-state index >= 15 is 0 Å². The number of benzene rings is 1. The highest BCUT2D eigenvalue weighted by Gasteiger charge is 2.19. The summed E-state index contributed by atoms with van der Waals surface area (Å²) in [6.07, 6.45) is 4.92. The lowest BCUT2D eigenvalue weighted by molar-refractivity contribution is -0.128. The van der Waals surface area contributed by atoms with Gasteiger partial charge >= 0.3 is 0 Å². The van der Waals surface area contributed by atoms with Crippen LogP contribution < -0.4 is 5.32 Å². The van der Waals surface area contributed by atoms with E-state index in [1.807, 2.05) is 22.6 Å². The first-order valence-corrected chi connectivity index (χ1v) is 8.42. The number of fused-ring (bicyclic) bond motifs is 1. The third kappa shape index (κ3) is 3.17. The number of carbonyl (C=O) groups excluding carboxylic acids is 1. The Labute approximate surface area is 145 Å². The Morgan fingerprint density at radius 3 is 2.92 bits per heavy atom. The minimum absolute atomic E-state index is 0.252. The molecule has 1 aliphatic rings. The summed E-state index contributed by atoms with van der Waals surface area (Å²) in [6.45, 7) is 2.19. The van der Waals surface area contributed by atoms with Crippen molar-refractivity contribution in [3.63, 3.8) is 0 Å². The Kier molecular flexibility index (Phi) is 4.05. The van der Waals surface area contributed by atoms with Crippen molar-refractivity contribution in [2.45, 2.75) is 25.9 Å². The molecule has 1 fully saturated rings. The van der Waals surface area contributed by atoms with E-state index in [1.54, 1.807) is 12.7 Å². The third-order valence-corrected chi connectivity index (χ3v) is 4.49. The molecule has 0 saturated carbocycles. The van der Waals surface area contributed by atoms with Crippen LogP contribution in [0, 0.1) is 0 Å². The quantitative estimate of drug-likeness (QED) is 0.772. The number of carbonyl (C=O) groups is 1. The monoisotopic (exact) mass is 336 g/mol. The normalized spacial score (nSPS) is 14.4. The molecule has 0 aliphatic carbocycles. The highest BCUT2D eigenvalue weighted by Crippen LogP contribution is 2.18. The van der Waals surface area contributed by atoms with Crippen LogP contribution in [0.4, 0.5) is 5.82 Å². The van der Waals surface area contributed by atoms with Crippen LogP contribution in [0.5, 0.6) is 0 Å². The van der Waals surface area contributed by atoms with E-state index in [0.29, 0.717) is 19.5 Å². The van der Waals surface area contributed by atoms with Gasteiger partial charge in [0, 0.05) is 33.1 Å². The smallest absolute Gasteiger partial charge is 0.222 e. The molecule has 7 heteroatoms. The predicted molar refractivity (Wildman–Crippen MR) is 94.7 cm³/mol. The van der Waals surface area contributed by atoms with Crippen LogP contribution in [0.15, 0.2) is 36.9 Å². The molecule has 1 N–H and O–H groups in total. The first kappa shape index (κ1) is 15.6. The first-order chi connectivity index (χ1) is 12.2. The van der Waals surface area contributed by atoms with Crippen LogP contribution in [-0.2, 0) is 24.9 Å². The minimum Gasteiger partial charge on any atom is -0.364 e. The Hall–Kier alpha value is -2.96. The van der Waals surface area contributed by atoms with Gasteiger partial charge in [0.05, 0.1) is 6.33 Å². The molecule has 1 saturated heterocycles. The topological polar surface area (TPSA) is 75.9 Å². The van der Waals surface area contributed by atoms with Crippen molar-refractivity contribution in [3.8, 4) is 0 Å². The van der Waals surface area contributed by atoms with E-state index in [4.69, 9.17) is 0 Å². The van der Waals surface area contributed by atoms with Gasteiger partial charge in [0.1, 0.15) is 11.8 Å². The molecule has 4 rings (SSSR count). The van der Waals surface area contributed by atoms with Gasteiger partial charge in [-0.15, -0.1) is 0 Å². The van der Waals surface area contributed by atoms with Crippen molar-refractivity contribution in [2.75, 3.05) is 11.9 Å². The number of likely N-dealkylation sites (tertiary alicyclic amines) is 1. The van der Waals surface area contributed by atoms with Gasteiger partial charge in [-0.3, -0.25) is 4.79 Å². The number of aromatic nitrogens is 4. The summed E-state index contributed by atoms with van der Waals surface area (Å²) in [4.78, 5) is 26.6. The molecule has 1 aliphatic heterocycles. The van der Waals surface area contributed by atoms with E-state index in [1.165, 1.54) is 0 Å². The molecule has 1 amide bonds. The number of rotatable bonds is 5. The summed E-state index contributed by atoms with van der Waals surface area (Å²) in [5.74, 6) is 0.979. The zero-order chi connectivity index (χ0) is 17.2. The molecule has 25 heavy (non-hydrogen) atoms. The number of imidazole rings is 1. The summed E-state index contributed by atoms with van der Waals surface area (Å²) in [7, 11) is 1.91. The van der Waals surface area contributed by atoms with Gasteiger partial charge in [0.2, 0.25) is 5.91 Å². The summed E-state index contributed by atoms with van der Waals surface area (Å²) >= 11 is 0. The lowest BCUT2D eigenvalue weighted by Gasteiger charge is -2.16. The first-order valence-electron chi connectivity index (χ1n) is 8.42. The van der Waals surface area contributed by atoms with Crippen LogP contribution in [-0.4, -0.2) is 36.9 Å². The Morgan fingerprint density at radius 2 is 2.08 bits per heavy atom. The second-order valence-corrected chi connectivity index (χ2v) is 6.34. The molecule has 2 aromatic heterocycles. The van der Waals surface area contributed by atoms with E-state index in [2.05, 4.69) is 38.5 Å². The number of hydrogen-bond donors (Lipinski definition) is 1. The molecular weight excluding hydrogens is 316 g/mol. The number of hydrogen-bond acceptors (Lipinski definition) is 5. The van der Waals surface area contributed by atoms with Gasteiger partial charge in [0.15, 0.2) is 11.5 Å². The second kappa shape index (κ2) is 6.51. The number of nitrogens with one attached hydrogen (secondary N) is 1. The zero-order valence-electron chi connectivity index (χ0n) is 14.1. The van der Waals surface area contributed by atoms with Gasteiger partial charge in [-0.2, -0.15) is 0 Å². The van der Waals surface area contributed by atoms with Crippen molar-refractivity contribution in [3.05, 3.63) is 48.0 Å². The molecule has 1 aromatic carbocycles. The molecule has 128 valence electrons. The third-order valence-electron chi connectivity index (χ3n) is 4.49. The van der Waals surface area contributed by atoms with Gasteiger partial charge in [-0.05, 0) is 17.5 Å². The van der Waals surface area contributed by atoms with Crippen LogP contribution in [0.2, 0.25) is 0 Å². The van der Waals surface area contributed by atoms with Gasteiger partial charge in [0.25, 0.3) is 0 Å². The predicted octanol–water partition coefficient (Wildman–Crippen LogP) is 2.10. The number of amides is 1. The largest absolute Gasteiger partial charge is 0.364 e. The SMILES string of the molecule is Cn1cnc2c(NCc3cccc(CN4CCCC4=O)c3)ncnc21. The van der Waals surface area contributed by atoms with Crippen LogP contribution in [0.25, 0.3) is 11.2 Å². The molecule has 0 atom stereocenters. The van der Waals surface area contributed by atoms with Gasteiger partial charge in [-0.1, -0.05) is 24.3 Å². The van der Waals surface area contributed by atoms with Crippen molar-refractivity contribution in [2.24, 2.45) is 7.05 Å². The average molecular weight is 336 g/mol. The molecule has 7 nitrogen and oxygen atoms in total. The molecule has 0 spiro atoms. The standard InChI is InChI=1S/C18H20N6O/c1-23-12-22-16-17(20-11-21-18(16)23)19-9-13-4-2-5-14(8-13)10-24-7-3-6-15(24)25/h2,4-5,8,11-12H,3,6-7,9-10H2,1H3,(H,19,20,21). The lowest BCUT2D eigenvalue weighted by Crippen LogP contribution is -2.23. The molecule has 0 bridgehead atoms. The van der Waals surface area contributed by atoms with Crippen LogP contribution in [0.1, 0.15) is 24.0 Å². The second-order valence-electron chi connectivity index (χ2n) is 6.34. The van der Waals surface area contributed by atoms with Gasteiger partial charge in [-0.25, -0.2) is 15.0 Å². The fourth-order valence-electron chi connectivity index (χ4n) is 3.19. The highest BCUT2D eigenvalue weighted by molar-refractivity contribution is 5.82. The summed E-state index contributed by atoms with van der Waals surface area (Å²) in [6, 6.07) is 8.30. The maximum absolute atomic E-state index is 11.8. The highest BCUT2D eigenvalue weighted by atomic mass is 16.2. The van der Waals surface area contributed by atoms with Crippen molar-refractivity contribution in [1.29, 1.82) is 0 Å². The number of aryl methyl sites for hydroxylation is 1. The van der Waals surface area contributed by atoms with Crippen LogP contribution >= 0.6 is 0 Å².